The van der Waals surface area contributed by atoms with Gasteiger partial charge in [0, 0.05) is 12.5 Å². The molecule has 2 bridgehead atoms. The molecule has 0 aromatic heterocycles. The molecule has 0 radical (unpaired) electrons. The highest BCUT2D eigenvalue weighted by Gasteiger charge is 2.67. The summed E-state index contributed by atoms with van der Waals surface area (Å²) in [5.41, 5.74) is 5.81. The topological polar surface area (TPSA) is 55.1 Å². The van der Waals surface area contributed by atoms with Crippen molar-refractivity contribution < 1.29 is 4.79 Å². The standard InChI is InChI=1S/C16H26N2O/c17-7-11-2-1-3-12(11)8-18-16(19)15-13-9-4-5-10(6-9)14(13)15/h9-15H,1-8,17H2,(H,18,19). The van der Waals surface area contributed by atoms with Crippen molar-refractivity contribution >= 4 is 5.91 Å². The van der Waals surface area contributed by atoms with Gasteiger partial charge in [0.2, 0.25) is 5.91 Å². The van der Waals surface area contributed by atoms with Crippen LogP contribution in [0.2, 0.25) is 0 Å². The minimum Gasteiger partial charge on any atom is -0.356 e. The van der Waals surface area contributed by atoms with Crippen LogP contribution in [0, 0.1) is 41.4 Å². The van der Waals surface area contributed by atoms with E-state index in [0.29, 0.717) is 23.7 Å². The summed E-state index contributed by atoms with van der Waals surface area (Å²) < 4.78 is 0. The molecule has 3 nitrogen and oxygen atoms in total. The smallest absolute Gasteiger partial charge is 0.223 e. The first-order valence-corrected chi connectivity index (χ1v) is 8.27. The second kappa shape index (κ2) is 4.47. The van der Waals surface area contributed by atoms with Gasteiger partial charge in [-0.15, -0.1) is 0 Å². The van der Waals surface area contributed by atoms with Gasteiger partial charge < -0.3 is 11.1 Å². The summed E-state index contributed by atoms with van der Waals surface area (Å²) in [5.74, 6) is 5.39. The maximum Gasteiger partial charge on any atom is 0.223 e. The van der Waals surface area contributed by atoms with Crippen molar-refractivity contribution in [1.82, 2.24) is 5.32 Å². The van der Waals surface area contributed by atoms with Crippen molar-refractivity contribution in [3.63, 3.8) is 0 Å². The Bertz CT molecular complexity index is 367. The number of amides is 1. The SMILES string of the molecule is NCC1CCCC1CNC(=O)C1C2C3CCC(C3)C12. The molecule has 0 aromatic carbocycles. The van der Waals surface area contributed by atoms with E-state index in [1.807, 2.05) is 0 Å². The predicted octanol–water partition coefficient (Wildman–Crippen LogP) is 1.77. The Hall–Kier alpha value is -0.570. The van der Waals surface area contributed by atoms with Crippen LogP contribution < -0.4 is 11.1 Å². The molecule has 6 unspecified atom stereocenters. The lowest BCUT2D eigenvalue weighted by Crippen LogP contribution is -2.34. The first kappa shape index (κ1) is 12.2. The molecule has 4 rings (SSSR count). The minimum atomic E-state index is 0.370. The van der Waals surface area contributed by atoms with Crippen LogP contribution in [0.15, 0.2) is 0 Å². The molecule has 0 aliphatic heterocycles. The molecule has 3 heteroatoms. The highest BCUT2D eigenvalue weighted by molar-refractivity contribution is 5.82. The highest BCUT2D eigenvalue weighted by atomic mass is 16.2. The molecule has 4 aliphatic rings. The molecule has 1 amide bonds. The summed E-state index contributed by atoms with van der Waals surface area (Å²) in [6, 6.07) is 0. The van der Waals surface area contributed by atoms with Crippen molar-refractivity contribution in [2.45, 2.75) is 38.5 Å². The van der Waals surface area contributed by atoms with Crippen molar-refractivity contribution in [3.05, 3.63) is 0 Å². The monoisotopic (exact) mass is 262 g/mol. The van der Waals surface area contributed by atoms with Gasteiger partial charge in [-0.25, -0.2) is 0 Å². The van der Waals surface area contributed by atoms with Gasteiger partial charge in [0.1, 0.15) is 0 Å². The van der Waals surface area contributed by atoms with Crippen molar-refractivity contribution in [2.75, 3.05) is 13.1 Å². The normalized spacial score (nSPS) is 50.3. The van der Waals surface area contributed by atoms with Gasteiger partial charge >= 0.3 is 0 Å². The molecule has 4 saturated carbocycles. The molecule has 0 spiro atoms. The third-order valence-corrected chi connectivity index (χ3v) is 6.70. The fourth-order valence-electron chi connectivity index (χ4n) is 5.72. The van der Waals surface area contributed by atoms with E-state index in [4.69, 9.17) is 5.73 Å². The van der Waals surface area contributed by atoms with E-state index >= 15 is 0 Å². The molecule has 19 heavy (non-hydrogen) atoms. The Morgan fingerprint density at radius 3 is 2.42 bits per heavy atom. The largest absolute Gasteiger partial charge is 0.356 e. The number of carbonyl (C=O) groups is 1. The minimum absolute atomic E-state index is 0.370. The zero-order chi connectivity index (χ0) is 13.0. The predicted molar refractivity (Wildman–Crippen MR) is 74.2 cm³/mol. The number of hydrogen-bond acceptors (Lipinski definition) is 2. The van der Waals surface area contributed by atoms with E-state index in [9.17, 15) is 4.79 Å². The molecule has 106 valence electrons. The van der Waals surface area contributed by atoms with Crippen LogP contribution in [0.5, 0.6) is 0 Å². The number of nitrogens with one attached hydrogen (secondary N) is 1. The van der Waals surface area contributed by atoms with Crippen LogP contribution in [0.4, 0.5) is 0 Å². The molecule has 0 aromatic rings. The highest BCUT2D eigenvalue weighted by Crippen LogP contribution is 2.69. The van der Waals surface area contributed by atoms with Gasteiger partial charge in [-0.2, -0.15) is 0 Å². The summed E-state index contributed by atoms with van der Waals surface area (Å²) in [4.78, 5) is 12.3. The van der Waals surface area contributed by atoms with Crippen LogP contribution in [0.25, 0.3) is 0 Å². The average molecular weight is 262 g/mol. The Balaban J connectivity index is 1.29. The second-order valence-electron chi connectivity index (χ2n) is 7.45. The zero-order valence-electron chi connectivity index (χ0n) is 11.7. The number of rotatable bonds is 4. The molecule has 6 atom stereocenters. The van der Waals surface area contributed by atoms with Gasteiger partial charge in [0.25, 0.3) is 0 Å². The van der Waals surface area contributed by atoms with Crippen LogP contribution in [-0.4, -0.2) is 19.0 Å². The third-order valence-electron chi connectivity index (χ3n) is 6.70. The number of hydrogen-bond donors (Lipinski definition) is 2. The molecule has 0 saturated heterocycles. The summed E-state index contributed by atoms with van der Waals surface area (Å²) >= 11 is 0. The average Bonchev–Trinajstić information content (AvgIpc) is 2.82. The van der Waals surface area contributed by atoms with E-state index in [2.05, 4.69) is 5.32 Å². The lowest BCUT2D eigenvalue weighted by Gasteiger charge is -2.19. The molecule has 3 N–H and O–H groups in total. The zero-order valence-corrected chi connectivity index (χ0v) is 11.7. The van der Waals surface area contributed by atoms with Crippen LogP contribution >= 0.6 is 0 Å². The maximum atomic E-state index is 12.3. The Kier molecular flexibility index (Phi) is 2.87. The molecule has 4 fully saturated rings. The Morgan fingerprint density at radius 1 is 1.05 bits per heavy atom. The van der Waals surface area contributed by atoms with Crippen molar-refractivity contribution in [2.24, 2.45) is 47.2 Å². The quantitative estimate of drug-likeness (QED) is 0.811. The number of nitrogens with two attached hydrogens (primary N) is 1. The Labute approximate surface area is 115 Å². The van der Waals surface area contributed by atoms with Crippen molar-refractivity contribution in [1.29, 1.82) is 0 Å². The van der Waals surface area contributed by atoms with E-state index in [1.54, 1.807) is 0 Å². The van der Waals surface area contributed by atoms with E-state index in [-0.39, 0.29) is 0 Å². The second-order valence-corrected chi connectivity index (χ2v) is 7.45. The fourth-order valence-corrected chi connectivity index (χ4v) is 5.72. The van der Waals surface area contributed by atoms with Crippen molar-refractivity contribution in [3.8, 4) is 0 Å². The summed E-state index contributed by atoms with van der Waals surface area (Å²) in [6.45, 7) is 1.67. The van der Waals surface area contributed by atoms with E-state index < -0.39 is 0 Å². The van der Waals surface area contributed by atoms with Crippen LogP contribution in [0.1, 0.15) is 38.5 Å². The number of carbonyl (C=O) groups excluding carboxylic acids is 1. The first-order chi connectivity index (χ1) is 9.29. The van der Waals surface area contributed by atoms with E-state index in [1.165, 1.54) is 38.5 Å². The summed E-state index contributed by atoms with van der Waals surface area (Å²) in [6.07, 6.45) is 8.03. The van der Waals surface area contributed by atoms with Gasteiger partial charge in [-0.05, 0) is 74.2 Å². The van der Waals surface area contributed by atoms with Gasteiger partial charge in [-0.1, -0.05) is 6.42 Å². The van der Waals surface area contributed by atoms with Crippen LogP contribution in [-0.2, 0) is 4.79 Å². The van der Waals surface area contributed by atoms with E-state index in [0.717, 1.165) is 36.8 Å². The molecular formula is C16H26N2O. The lowest BCUT2D eigenvalue weighted by molar-refractivity contribution is -0.123. The maximum absolute atomic E-state index is 12.3. The molecule has 0 heterocycles. The summed E-state index contributed by atoms with van der Waals surface area (Å²) in [7, 11) is 0. The molecular weight excluding hydrogens is 236 g/mol. The van der Waals surface area contributed by atoms with Crippen LogP contribution in [0.3, 0.4) is 0 Å². The summed E-state index contributed by atoms with van der Waals surface area (Å²) in [5, 5.41) is 3.25. The van der Waals surface area contributed by atoms with Gasteiger partial charge in [0.15, 0.2) is 0 Å². The van der Waals surface area contributed by atoms with Gasteiger partial charge in [0.05, 0.1) is 0 Å². The van der Waals surface area contributed by atoms with Gasteiger partial charge in [-0.3, -0.25) is 4.79 Å². The number of fused-ring (bicyclic) bond motifs is 5. The first-order valence-electron chi connectivity index (χ1n) is 8.27. The lowest BCUT2D eigenvalue weighted by atomic mass is 9.96. The third kappa shape index (κ3) is 1.84. The molecule has 4 aliphatic carbocycles. The Morgan fingerprint density at radius 2 is 1.74 bits per heavy atom. The fraction of sp³-hybridized carbons (Fsp3) is 0.938.